The monoisotopic (exact) mass is 398 g/mol. The van der Waals surface area contributed by atoms with Crippen LogP contribution in [0.4, 0.5) is 0 Å². The molecule has 1 heteroatoms. The third-order valence-electron chi connectivity index (χ3n) is 10.6. The Bertz CT molecular complexity index is 674. The van der Waals surface area contributed by atoms with E-state index in [-0.39, 0.29) is 6.10 Å². The van der Waals surface area contributed by atoms with Gasteiger partial charge in [-0.15, -0.1) is 0 Å². The van der Waals surface area contributed by atoms with Gasteiger partial charge in [0.25, 0.3) is 0 Å². The first-order chi connectivity index (χ1) is 13.7. The minimum absolute atomic E-state index is 0.0395. The molecule has 0 aromatic rings. The van der Waals surface area contributed by atoms with Crippen LogP contribution < -0.4 is 0 Å². The predicted octanol–water partition coefficient (Wildman–Crippen LogP) is 7.70. The topological polar surface area (TPSA) is 20.2 Å². The summed E-state index contributed by atoms with van der Waals surface area (Å²) in [4.78, 5) is 0. The number of fused-ring (bicyclic) bond motifs is 4. The zero-order chi connectivity index (χ0) is 21.0. The summed E-state index contributed by atoms with van der Waals surface area (Å²) in [5.74, 6) is 3.99. The maximum atomic E-state index is 10.2. The molecule has 0 aromatic carbocycles. The fraction of sp³-hybridized carbons (Fsp3) is 0.857. The summed E-state index contributed by atoms with van der Waals surface area (Å²) in [7, 11) is 0. The molecule has 0 saturated heterocycles. The molecule has 0 aliphatic heterocycles. The van der Waals surface area contributed by atoms with Crippen molar-refractivity contribution in [3.63, 3.8) is 0 Å². The molecule has 0 amide bonds. The molecule has 1 N–H and O–H groups in total. The van der Waals surface area contributed by atoms with Crippen molar-refractivity contribution in [1.82, 2.24) is 0 Å². The van der Waals surface area contributed by atoms with Crippen molar-refractivity contribution in [2.24, 2.45) is 40.4 Å². The summed E-state index contributed by atoms with van der Waals surface area (Å²) < 4.78 is 0. The van der Waals surface area contributed by atoms with Crippen LogP contribution in [0.15, 0.2) is 23.3 Å². The lowest BCUT2D eigenvalue weighted by Crippen LogP contribution is -2.45. The lowest BCUT2D eigenvalue weighted by Gasteiger charge is -2.55. The summed E-state index contributed by atoms with van der Waals surface area (Å²) >= 11 is 0. The van der Waals surface area contributed by atoms with Crippen LogP contribution in [0.3, 0.4) is 0 Å². The van der Waals surface area contributed by atoms with E-state index < -0.39 is 0 Å². The third-order valence-corrected chi connectivity index (χ3v) is 10.6. The normalized spacial score (nSPS) is 43.9. The van der Waals surface area contributed by atoms with Crippen molar-refractivity contribution < 1.29 is 5.11 Å². The van der Waals surface area contributed by atoms with Crippen LogP contribution >= 0.6 is 0 Å². The molecule has 4 aliphatic rings. The van der Waals surface area contributed by atoms with E-state index >= 15 is 0 Å². The standard InChI is InChI=1S/C28H46O/c1-18(2)19(3)7-8-20(4)24-11-12-25-23-10-9-21-17-22(29)13-15-27(21,5)26(23)14-16-28(24,25)6/h19-22,24-25,29H,1,7-17H2,2-6H3/t19-,20+,21-,22-,24+,25-,27-,28+/m0/s1. The quantitative estimate of drug-likeness (QED) is 0.470. The minimum Gasteiger partial charge on any atom is -0.393 e. The molecule has 0 bridgehead atoms. The molecule has 8 atom stereocenters. The zero-order valence-corrected chi connectivity index (χ0v) is 19.9. The zero-order valence-electron chi connectivity index (χ0n) is 19.9. The number of hydrogen-bond donors (Lipinski definition) is 1. The first kappa shape index (κ1) is 21.7. The molecule has 0 unspecified atom stereocenters. The van der Waals surface area contributed by atoms with Crippen LogP contribution in [0.2, 0.25) is 0 Å². The van der Waals surface area contributed by atoms with Gasteiger partial charge >= 0.3 is 0 Å². The number of hydrogen-bond acceptors (Lipinski definition) is 1. The van der Waals surface area contributed by atoms with E-state index in [1.165, 1.54) is 63.4 Å². The Kier molecular flexibility index (Phi) is 5.86. The second-order valence-electron chi connectivity index (χ2n) is 12.1. The molecule has 4 rings (SSSR count). The van der Waals surface area contributed by atoms with Crippen LogP contribution in [-0.4, -0.2) is 11.2 Å². The Labute approximate surface area is 180 Å². The lowest BCUT2D eigenvalue weighted by atomic mass is 9.50. The summed E-state index contributed by atoms with van der Waals surface area (Å²) in [5, 5.41) is 10.2. The molecule has 1 nitrogen and oxygen atoms in total. The maximum Gasteiger partial charge on any atom is 0.0543 e. The van der Waals surface area contributed by atoms with Crippen LogP contribution in [0.1, 0.15) is 105 Å². The van der Waals surface area contributed by atoms with Crippen molar-refractivity contribution in [2.45, 2.75) is 111 Å². The van der Waals surface area contributed by atoms with Gasteiger partial charge in [-0.25, -0.2) is 0 Å². The average molecular weight is 399 g/mol. The highest BCUT2D eigenvalue weighted by atomic mass is 16.3. The SMILES string of the molecule is C=C(C)[C@@H](C)CC[C@@H](C)[C@H]1CC[C@H]2C3=C(CC[C@]12C)[C@@]1(C)CC[C@H](O)C[C@@H]1CC3. The highest BCUT2D eigenvalue weighted by Gasteiger charge is 2.55. The number of aliphatic hydroxyl groups is 1. The fourth-order valence-electron chi connectivity index (χ4n) is 8.37. The smallest absolute Gasteiger partial charge is 0.0543 e. The molecule has 2 saturated carbocycles. The van der Waals surface area contributed by atoms with Crippen molar-refractivity contribution in [1.29, 1.82) is 0 Å². The molecule has 4 aliphatic carbocycles. The van der Waals surface area contributed by atoms with Gasteiger partial charge in [-0.3, -0.25) is 0 Å². The van der Waals surface area contributed by atoms with Crippen LogP contribution in [0, 0.1) is 40.4 Å². The maximum absolute atomic E-state index is 10.2. The van der Waals surface area contributed by atoms with Crippen LogP contribution in [-0.2, 0) is 0 Å². The van der Waals surface area contributed by atoms with Crippen molar-refractivity contribution in [3.05, 3.63) is 23.3 Å². The van der Waals surface area contributed by atoms with Gasteiger partial charge < -0.3 is 5.11 Å². The summed E-state index contributed by atoms with van der Waals surface area (Å²) in [6, 6.07) is 0. The van der Waals surface area contributed by atoms with E-state index in [0.29, 0.717) is 16.7 Å². The second kappa shape index (κ2) is 7.85. The minimum atomic E-state index is -0.0395. The summed E-state index contributed by atoms with van der Waals surface area (Å²) in [6.07, 6.45) is 14.2. The van der Waals surface area contributed by atoms with Gasteiger partial charge in [-0.05, 0) is 118 Å². The van der Waals surface area contributed by atoms with Gasteiger partial charge in [0.2, 0.25) is 0 Å². The number of rotatable bonds is 5. The van der Waals surface area contributed by atoms with Gasteiger partial charge in [0.15, 0.2) is 0 Å². The molecule has 0 aromatic heterocycles. The second-order valence-corrected chi connectivity index (χ2v) is 12.1. The molecule has 0 spiro atoms. The van der Waals surface area contributed by atoms with E-state index in [1.54, 1.807) is 0 Å². The Morgan fingerprint density at radius 2 is 1.83 bits per heavy atom. The Balaban J connectivity index is 1.52. The van der Waals surface area contributed by atoms with Crippen LogP contribution in [0.25, 0.3) is 0 Å². The summed E-state index contributed by atoms with van der Waals surface area (Å²) in [5.41, 5.74) is 6.05. The van der Waals surface area contributed by atoms with Crippen molar-refractivity contribution in [2.75, 3.05) is 0 Å². The third kappa shape index (κ3) is 3.58. The van der Waals surface area contributed by atoms with Gasteiger partial charge in [-0.2, -0.15) is 0 Å². The van der Waals surface area contributed by atoms with E-state index in [4.69, 9.17) is 0 Å². The fourth-order valence-corrected chi connectivity index (χ4v) is 8.37. The number of aliphatic hydroxyl groups excluding tert-OH is 1. The number of allylic oxidation sites excluding steroid dienone is 3. The average Bonchev–Trinajstić information content (AvgIpc) is 3.03. The molecular weight excluding hydrogens is 352 g/mol. The molecule has 2 fully saturated rings. The van der Waals surface area contributed by atoms with E-state index in [9.17, 15) is 5.11 Å². The predicted molar refractivity (Wildman–Crippen MR) is 124 cm³/mol. The first-order valence-corrected chi connectivity index (χ1v) is 12.7. The van der Waals surface area contributed by atoms with Gasteiger partial charge in [-0.1, -0.05) is 51.0 Å². The summed E-state index contributed by atoms with van der Waals surface area (Å²) in [6.45, 7) is 16.5. The van der Waals surface area contributed by atoms with Gasteiger partial charge in [0.05, 0.1) is 6.10 Å². The molecular formula is C28H46O. The van der Waals surface area contributed by atoms with Crippen molar-refractivity contribution >= 4 is 0 Å². The van der Waals surface area contributed by atoms with E-state index in [0.717, 1.165) is 36.5 Å². The van der Waals surface area contributed by atoms with Gasteiger partial charge in [0, 0.05) is 0 Å². The van der Waals surface area contributed by atoms with E-state index in [1.807, 2.05) is 11.1 Å². The Morgan fingerprint density at radius 3 is 2.55 bits per heavy atom. The molecule has 29 heavy (non-hydrogen) atoms. The highest BCUT2D eigenvalue weighted by molar-refractivity contribution is 5.34. The van der Waals surface area contributed by atoms with Crippen LogP contribution in [0.5, 0.6) is 0 Å². The first-order valence-electron chi connectivity index (χ1n) is 12.7. The van der Waals surface area contributed by atoms with Crippen molar-refractivity contribution in [3.8, 4) is 0 Å². The Morgan fingerprint density at radius 1 is 1.07 bits per heavy atom. The Hall–Kier alpha value is -0.560. The van der Waals surface area contributed by atoms with Gasteiger partial charge in [0.1, 0.15) is 0 Å². The molecule has 164 valence electrons. The molecule has 0 radical (unpaired) electrons. The molecule has 0 heterocycles. The largest absolute Gasteiger partial charge is 0.393 e. The highest BCUT2D eigenvalue weighted by Crippen LogP contribution is 2.66. The lowest BCUT2D eigenvalue weighted by molar-refractivity contribution is 0.0132. The van der Waals surface area contributed by atoms with E-state index in [2.05, 4.69) is 41.2 Å².